The average molecular weight is 294 g/mol. The van der Waals surface area contributed by atoms with Gasteiger partial charge in [0.15, 0.2) is 17.0 Å². The van der Waals surface area contributed by atoms with Crippen molar-refractivity contribution in [1.82, 2.24) is 5.32 Å². The fourth-order valence-corrected chi connectivity index (χ4v) is 2.24. The van der Waals surface area contributed by atoms with Gasteiger partial charge < -0.3 is 30.0 Å². The predicted octanol–water partition coefficient (Wildman–Crippen LogP) is 0.780. The maximum Gasteiger partial charge on any atom is 0.332 e. The number of hydrogen-bond acceptors (Lipinski definition) is 5. The van der Waals surface area contributed by atoms with E-state index in [1.54, 1.807) is 18.2 Å². The Balaban J connectivity index is 1.67. The zero-order valence-corrected chi connectivity index (χ0v) is 11.0. The van der Waals surface area contributed by atoms with Crippen LogP contribution in [-0.2, 0) is 9.53 Å². The van der Waals surface area contributed by atoms with Gasteiger partial charge in [-0.2, -0.15) is 0 Å². The second-order valence-electron chi connectivity index (χ2n) is 4.84. The molecule has 2 aliphatic heterocycles. The standard InChI is InChI=1S/C13H14N2O6/c16-11(17)13(3-4-19-6-13)15-12(18)14-8-1-2-9-10(5-8)21-7-20-9/h1-2,5H,3-4,6-7H2,(H,16,17)(H2,14,15,18). The molecule has 0 spiro atoms. The highest BCUT2D eigenvalue weighted by Crippen LogP contribution is 2.34. The number of amides is 2. The summed E-state index contributed by atoms with van der Waals surface area (Å²) in [5.41, 5.74) is -0.892. The van der Waals surface area contributed by atoms with Crippen LogP contribution in [0.5, 0.6) is 11.5 Å². The molecule has 0 radical (unpaired) electrons. The number of nitrogens with one attached hydrogen (secondary N) is 2. The summed E-state index contributed by atoms with van der Waals surface area (Å²) in [7, 11) is 0. The normalized spacial score (nSPS) is 22.9. The Morgan fingerprint density at radius 1 is 1.24 bits per heavy atom. The lowest BCUT2D eigenvalue weighted by Gasteiger charge is -2.23. The molecule has 0 saturated carbocycles. The van der Waals surface area contributed by atoms with Gasteiger partial charge in [-0.15, -0.1) is 0 Å². The van der Waals surface area contributed by atoms with Gasteiger partial charge in [0.05, 0.1) is 6.61 Å². The smallest absolute Gasteiger partial charge is 0.332 e. The molecular formula is C13H14N2O6. The zero-order chi connectivity index (χ0) is 14.9. The van der Waals surface area contributed by atoms with E-state index in [0.717, 1.165) is 0 Å². The maximum atomic E-state index is 12.0. The molecule has 0 aliphatic carbocycles. The summed E-state index contributed by atoms with van der Waals surface area (Å²) in [4.78, 5) is 23.3. The van der Waals surface area contributed by atoms with Crippen molar-refractivity contribution in [3.8, 4) is 11.5 Å². The van der Waals surface area contributed by atoms with Gasteiger partial charge in [0.2, 0.25) is 6.79 Å². The Labute approximate surface area is 120 Å². The van der Waals surface area contributed by atoms with Gasteiger partial charge in [0.1, 0.15) is 0 Å². The summed E-state index contributed by atoms with van der Waals surface area (Å²) in [6.45, 7) is 0.401. The molecule has 8 heteroatoms. The number of anilines is 1. The molecule has 2 heterocycles. The molecule has 1 aromatic rings. The van der Waals surface area contributed by atoms with E-state index < -0.39 is 17.5 Å². The van der Waals surface area contributed by atoms with Crippen LogP contribution in [-0.4, -0.2) is 42.7 Å². The van der Waals surface area contributed by atoms with E-state index in [1.807, 2.05) is 0 Å². The summed E-state index contributed by atoms with van der Waals surface area (Å²) in [6, 6.07) is 4.32. The van der Waals surface area contributed by atoms with Crippen LogP contribution in [0.25, 0.3) is 0 Å². The van der Waals surface area contributed by atoms with Crippen molar-refractivity contribution in [2.75, 3.05) is 25.3 Å². The summed E-state index contributed by atoms with van der Waals surface area (Å²) in [5.74, 6) is 0.0259. The van der Waals surface area contributed by atoms with Crippen molar-refractivity contribution in [3.05, 3.63) is 18.2 Å². The molecule has 3 N–H and O–H groups in total. The second kappa shape index (κ2) is 5.13. The molecule has 21 heavy (non-hydrogen) atoms. The van der Waals surface area contributed by atoms with E-state index in [-0.39, 0.29) is 19.8 Å². The van der Waals surface area contributed by atoms with Crippen molar-refractivity contribution < 1.29 is 28.9 Å². The van der Waals surface area contributed by atoms with Crippen LogP contribution in [0.4, 0.5) is 10.5 Å². The van der Waals surface area contributed by atoms with Gasteiger partial charge in [0.25, 0.3) is 0 Å². The molecule has 2 amide bonds. The van der Waals surface area contributed by atoms with Crippen molar-refractivity contribution in [2.45, 2.75) is 12.0 Å². The van der Waals surface area contributed by atoms with Crippen LogP contribution in [0, 0.1) is 0 Å². The molecule has 1 unspecified atom stereocenters. The van der Waals surface area contributed by atoms with Crippen LogP contribution in [0.3, 0.4) is 0 Å². The molecule has 1 saturated heterocycles. The van der Waals surface area contributed by atoms with Gasteiger partial charge in [0, 0.05) is 24.8 Å². The quantitative estimate of drug-likeness (QED) is 0.760. The number of fused-ring (bicyclic) bond motifs is 1. The number of rotatable bonds is 3. The van der Waals surface area contributed by atoms with Gasteiger partial charge in [-0.25, -0.2) is 9.59 Å². The highest BCUT2D eigenvalue weighted by molar-refractivity contribution is 5.94. The molecule has 8 nitrogen and oxygen atoms in total. The third kappa shape index (κ3) is 2.57. The fourth-order valence-electron chi connectivity index (χ4n) is 2.24. The van der Waals surface area contributed by atoms with Crippen LogP contribution in [0.1, 0.15) is 6.42 Å². The maximum absolute atomic E-state index is 12.0. The minimum atomic E-state index is -1.37. The first-order chi connectivity index (χ1) is 10.1. The first-order valence-corrected chi connectivity index (χ1v) is 6.39. The van der Waals surface area contributed by atoms with Crippen molar-refractivity contribution in [1.29, 1.82) is 0 Å². The van der Waals surface area contributed by atoms with E-state index in [1.165, 1.54) is 0 Å². The number of carboxylic acids is 1. The van der Waals surface area contributed by atoms with Crippen molar-refractivity contribution in [2.24, 2.45) is 0 Å². The first kappa shape index (κ1) is 13.5. The molecule has 1 aromatic carbocycles. The lowest BCUT2D eigenvalue weighted by Crippen LogP contribution is -2.56. The molecule has 112 valence electrons. The van der Waals surface area contributed by atoms with Crippen LogP contribution in [0.2, 0.25) is 0 Å². The number of urea groups is 1. The second-order valence-corrected chi connectivity index (χ2v) is 4.84. The van der Waals surface area contributed by atoms with Crippen LogP contribution >= 0.6 is 0 Å². The van der Waals surface area contributed by atoms with E-state index in [0.29, 0.717) is 23.8 Å². The highest BCUT2D eigenvalue weighted by atomic mass is 16.7. The van der Waals surface area contributed by atoms with Gasteiger partial charge in [-0.05, 0) is 12.1 Å². The molecule has 0 bridgehead atoms. The number of carboxylic acid groups (broad SMARTS) is 1. The van der Waals surface area contributed by atoms with Crippen molar-refractivity contribution in [3.63, 3.8) is 0 Å². The van der Waals surface area contributed by atoms with E-state index >= 15 is 0 Å². The van der Waals surface area contributed by atoms with Crippen molar-refractivity contribution >= 4 is 17.7 Å². The van der Waals surface area contributed by atoms with Gasteiger partial charge >= 0.3 is 12.0 Å². The number of benzene rings is 1. The fraction of sp³-hybridized carbons (Fsp3) is 0.385. The number of hydrogen-bond donors (Lipinski definition) is 3. The lowest BCUT2D eigenvalue weighted by atomic mass is 9.99. The summed E-state index contributed by atoms with van der Waals surface area (Å²) in [5, 5.41) is 14.3. The molecule has 2 aliphatic rings. The summed E-state index contributed by atoms with van der Waals surface area (Å²) >= 11 is 0. The Bertz CT molecular complexity index is 582. The number of carbonyl (C=O) groups excluding carboxylic acids is 1. The summed E-state index contributed by atoms with van der Waals surface area (Å²) in [6.07, 6.45) is 0.233. The SMILES string of the molecule is O=C(Nc1ccc2c(c1)OCO2)NC1(C(=O)O)CCOC1. The molecule has 1 fully saturated rings. The monoisotopic (exact) mass is 294 g/mol. The van der Waals surface area contributed by atoms with E-state index in [4.69, 9.17) is 14.2 Å². The molecule has 1 atom stereocenters. The number of carbonyl (C=O) groups is 2. The molecule has 0 aromatic heterocycles. The Kier molecular flexibility index (Phi) is 3.30. The first-order valence-electron chi connectivity index (χ1n) is 6.39. The van der Waals surface area contributed by atoms with Crippen LogP contribution < -0.4 is 20.1 Å². The Hall–Kier alpha value is -2.48. The Morgan fingerprint density at radius 3 is 2.76 bits per heavy atom. The van der Waals surface area contributed by atoms with Crippen LogP contribution in [0.15, 0.2) is 18.2 Å². The minimum Gasteiger partial charge on any atom is -0.479 e. The third-order valence-corrected chi connectivity index (χ3v) is 3.41. The van der Waals surface area contributed by atoms with E-state index in [9.17, 15) is 14.7 Å². The minimum absolute atomic E-state index is 0.0447. The van der Waals surface area contributed by atoms with Gasteiger partial charge in [-0.3, -0.25) is 0 Å². The zero-order valence-electron chi connectivity index (χ0n) is 11.0. The average Bonchev–Trinajstić information content (AvgIpc) is 3.07. The topological polar surface area (TPSA) is 106 Å². The Morgan fingerprint density at radius 2 is 2.05 bits per heavy atom. The largest absolute Gasteiger partial charge is 0.479 e. The number of ether oxygens (including phenoxy) is 3. The number of aliphatic carboxylic acids is 1. The summed E-state index contributed by atoms with van der Waals surface area (Å²) < 4.78 is 15.4. The third-order valence-electron chi connectivity index (χ3n) is 3.41. The van der Waals surface area contributed by atoms with E-state index in [2.05, 4.69) is 10.6 Å². The predicted molar refractivity (Wildman–Crippen MR) is 70.5 cm³/mol. The molecule has 3 rings (SSSR count). The highest BCUT2D eigenvalue weighted by Gasteiger charge is 2.44. The van der Waals surface area contributed by atoms with Gasteiger partial charge in [-0.1, -0.05) is 0 Å². The lowest BCUT2D eigenvalue weighted by molar-refractivity contribution is -0.144. The molecular weight excluding hydrogens is 280 g/mol.